The molecule has 11 aliphatic rings. The average molecular weight is 1920 g/mol. The van der Waals surface area contributed by atoms with E-state index in [1.807, 2.05) is 65.3 Å². The number of nitrogens with one attached hydrogen (secondary N) is 1. The Hall–Kier alpha value is -4.68. The van der Waals surface area contributed by atoms with Crippen molar-refractivity contribution in [1.82, 2.24) is 24.9 Å². The topological polar surface area (TPSA) is 259 Å². The molecule has 6 aliphatic carbocycles. The molecular formula is C106H179N5O16Si5. The van der Waals surface area contributed by atoms with Gasteiger partial charge in [-0.25, -0.2) is 9.59 Å². The van der Waals surface area contributed by atoms with Crippen molar-refractivity contribution < 1.29 is 76.3 Å². The summed E-state index contributed by atoms with van der Waals surface area (Å²) >= 11 is 0. The van der Waals surface area contributed by atoms with E-state index in [1.54, 1.807) is 6.92 Å². The minimum Gasteiger partial charge on any atom is -0.464 e. The summed E-state index contributed by atoms with van der Waals surface area (Å²) in [6, 6.07) is 41.7. The number of ether oxygens (including phenoxy) is 2. The monoisotopic (exact) mass is 1920 g/mol. The number of esters is 2. The molecule has 6 N–H and O–H groups in total. The molecule has 15 rings (SSSR count). The third-order valence-corrected chi connectivity index (χ3v) is 54.6. The van der Waals surface area contributed by atoms with Gasteiger partial charge < -0.3 is 72.3 Å². The van der Waals surface area contributed by atoms with E-state index in [2.05, 4.69) is 262 Å². The van der Waals surface area contributed by atoms with Crippen molar-refractivity contribution in [2.24, 2.45) is 23.7 Å². The summed E-state index contributed by atoms with van der Waals surface area (Å²) in [6.45, 7) is 72.8. The van der Waals surface area contributed by atoms with Crippen molar-refractivity contribution in [1.29, 1.82) is 0 Å². The molecule has 8 atom stereocenters. The van der Waals surface area contributed by atoms with Gasteiger partial charge in [0.15, 0.2) is 52.8 Å². The Morgan fingerprint density at radius 2 is 0.795 bits per heavy atom. The van der Waals surface area contributed by atoms with Crippen LogP contribution in [0.3, 0.4) is 0 Å². The van der Waals surface area contributed by atoms with Crippen molar-refractivity contribution in [2.75, 3.05) is 65.6 Å². The Kier molecular flexibility index (Phi) is 37.3. The highest BCUT2D eigenvalue weighted by Gasteiger charge is 2.64. The van der Waals surface area contributed by atoms with Gasteiger partial charge in [-0.15, -0.1) is 0 Å². The molecule has 5 heterocycles. The van der Waals surface area contributed by atoms with Gasteiger partial charge in [-0.2, -0.15) is 0 Å². The van der Waals surface area contributed by atoms with Crippen LogP contribution in [0.25, 0.3) is 0 Å². The second kappa shape index (κ2) is 44.4. The average Bonchev–Trinajstić information content (AvgIpc) is 2.48. The highest BCUT2D eigenvalue weighted by Crippen LogP contribution is 2.58. The minimum atomic E-state index is -1.98. The molecule has 0 aromatic heterocycles. The van der Waals surface area contributed by atoms with Gasteiger partial charge in [0, 0.05) is 83.1 Å². The fourth-order valence-corrected chi connectivity index (χ4v) is 25.2. The number of rotatable bonds is 30. The number of hydrogen-bond acceptors (Lipinski definition) is 19. The van der Waals surface area contributed by atoms with Gasteiger partial charge in [-0.3, -0.25) is 19.4 Å². The molecule has 0 radical (unpaired) electrons. The molecule has 4 aromatic carbocycles. The summed E-state index contributed by atoms with van der Waals surface area (Å²) in [5.41, 5.74) is 1.90. The smallest absolute Gasteiger partial charge is 0.338 e. The summed E-state index contributed by atoms with van der Waals surface area (Å²) < 4.78 is 43.6. The van der Waals surface area contributed by atoms with Crippen LogP contribution >= 0.6 is 0 Å². The van der Waals surface area contributed by atoms with Crippen LogP contribution in [0.4, 0.5) is 0 Å². The van der Waals surface area contributed by atoms with Gasteiger partial charge in [0.1, 0.15) is 0 Å². The normalized spacial score (nSPS) is 23.7. The van der Waals surface area contributed by atoms with Gasteiger partial charge >= 0.3 is 11.9 Å². The number of hydrogen-bond donors (Lipinski definition) is 6. The van der Waals surface area contributed by atoms with Crippen molar-refractivity contribution in [3.8, 4) is 0 Å². The number of aliphatic hydroxyl groups is 5. The molecule has 11 fully saturated rings. The lowest BCUT2D eigenvalue weighted by molar-refractivity contribution is -0.155. The Labute approximate surface area is 802 Å². The lowest BCUT2D eigenvalue weighted by Gasteiger charge is -2.47. The van der Waals surface area contributed by atoms with Crippen LogP contribution in [0, 0.1) is 23.7 Å². The molecule has 26 heteroatoms. The van der Waals surface area contributed by atoms with Gasteiger partial charge in [-0.05, 0) is 256 Å². The third-order valence-electron chi connectivity index (χ3n) is 32.0. The first kappa shape index (κ1) is 111. The van der Waals surface area contributed by atoms with E-state index in [0.29, 0.717) is 56.9 Å². The van der Waals surface area contributed by atoms with Crippen LogP contribution in [-0.2, 0) is 77.0 Å². The number of likely N-dealkylation sites (tertiary alicyclic amines) is 4. The van der Waals surface area contributed by atoms with E-state index in [0.717, 1.165) is 167 Å². The first-order chi connectivity index (χ1) is 61.2. The number of carbonyl (C=O) groups is 4. The van der Waals surface area contributed by atoms with Crippen LogP contribution in [0.2, 0.25) is 90.7 Å². The number of nitrogens with zero attached hydrogens (tertiary/aromatic N) is 4. The Bertz CT molecular complexity index is 4270. The molecule has 744 valence electrons. The van der Waals surface area contributed by atoms with E-state index < -0.39 is 82.2 Å². The molecule has 0 spiro atoms. The predicted molar refractivity (Wildman–Crippen MR) is 544 cm³/mol. The molecular weight excluding hydrogens is 1740 g/mol. The summed E-state index contributed by atoms with van der Waals surface area (Å²) in [6.07, 6.45) is 14.9. The lowest BCUT2D eigenvalue weighted by Crippen LogP contribution is -2.55. The maximum atomic E-state index is 12.9. The summed E-state index contributed by atoms with van der Waals surface area (Å²) in [5, 5.41) is 54.5. The standard InChI is InChI=1S/C27H49NO2Si2.C21H33NO3Si.C21H35NO2Si.C12H24O3Si.C11H13NO.C8H15NO2.C6H10O3/c1-25(2,3)31(7,8)29-24(27(17-18-27)30-32(9,10)26(4,5)6)23-16-19-28(21-23)20-22-14-12-11-13-15-22;1-20(2,3)26(4,5)25-21(12-13-21)18(23)17-11-14-22(19(17)24)15-16-9-7-6-8-10-16;1-20(2,3)25(4,5)24-21(12-13-21)19(23)18-11-14-22(16-18)15-17-9-7-6-8-10-17;1-7-14-10(13)12(8-9-12)15-16(5,6)11(2,3)4;13-11-7-4-8-12(11)9-10-5-2-1-3-6-10;10-7(8(11)2-3-8)6-1-4-9-5-6;1-2-9-5(7)6(8)3-4-6/h11-15,23-24H,16-21H2,1-10H3;6-10,17-18,23H,11-15H2,1-5H3;6-10,18-19,23H,11-16H2,1-5H3;7-9H2,1-6H3;1-3,5-6H,4,7-9H2;6-7,9-11H,1-5H2;8H,2-4H2,1H3. The summed E-state index contributed by atoms with van der Waals surface area (Å²) in [5.74, 6) is 0.588. The molecule has 21 nitrogen and oxygen atoms in total. The maximum Gasteiger partial charge on any atom is 0.338 e. The van der Waals surface area contributed by atoms with Crippen LogP contribution in [0.1, 0.15) is 256 Å². The van der Waals surface area contributed by atoms with E-state index in [4.69, 9.17) is 32.0 Å². The number of benzene rings is 4. The SMILES string of the molecule is CC(C)(C)[Si](C)(C)OC(C1CCN(Cc2ccccc2)C1)C1(O[Si](C)(C)C(C)(C)C)CC1.CC(C)(C)[Si](C)(C)OC1(C(O)C2CCN(Cc3ccccc3)C2)CC1.CC(C)(C)[Si](C)(C)OC1(C(O)C2CCN(Cc3ccccc3)C2=O)CC1.CCOC(=O)C1(O)CC1.CCOC(=O)C1(O[Si](C)(C)C(C)(C)C)CC1.O=C1CCCN1Cc1ccccc1.OC(C1CCNC1)C1(O)CC1. The van der Waals surface area contributed by atoms with E-state index >= 15 is 0 Å². The molecule has 8 unspecified atom stereocenters. The van der Waals surface area contributed by atoms with Gasteiger partial charge in [0.05, 0.1) is 66.0 Å². The van der Waals surface area contributed by atoms with Gasteiger partial charge in [0.25, 0.3) is 0 Å². The summed E-state index contributed by atoms with van der Waals surface area (Å²) in [4.78, 5) is 55.6. The molecule has 132 heavy (non-hydrogen) atoms. The highest BCUT2D eigenvalue weighted by atomic mass is 28.4. The Morgan fingerprint density at radius 3 is 1.16 bits per heavy atom. The summed E-state index contributed by atoms with van der Waals surface area (Å²) in [7, 11) is -9.46. The van der Waals surface area contributed by atoms with Gasteiger partial charge in [-0.1, -0.05) is 225 Å². The van der Waals surface area contributed by atoms with Crippen molar-refractivity contribution in [2.45, 2.75) is 408 Å². The van der Waals surface area contributed by atoms with E-state index in [-0.39, 0.29) is 72.3 Å². The molecule has 5 aliphatic heterocycles. The third kappa shape index (κ3) is 30.2. The maximum absolute atomic E-state index is 12.9. The zero-order valence-electron chi connectivity index (χ0n) is 86.8. The number of aliphatic hydroxyl groups excluding tert-OH is 3. The second-order valence-corrected chi connectivity index (χ2v) is 71.8. The van der Waals surface area contributed by atoms with E-state index in [9.17, 15) is 39.6 Å². The Morgan fingerprint density at radius 1 is 0.417 bits per heavy atom. The minimum absolute atomic E-state index is 0.0635. The zero-order valence-corrected chi connectivity index (χ0v) is 91.8. The van der Waals surface area contributed by atoms with E-state index in [1.165, 1.54) is 23.1 Å². The molecule has 0 bridgehead atoms. The number of amides is 2. The molecule has 4 aromatic rings. The highest BCUT2D eigenvalue weighted by molar-refractivity contribution is 6.76. The largest absolute Gasteiger partial charge is 0.464 e. The van der Waals surface area contributed by atoms with Crippen molar-refractivity contribution in [3.05, 3.63) is 144 Å². The lowest BCUT2D eigenvalue weighted by atomic mass is 9.95. The number of carbonyl (C=O) groups excluding carboxylic acids is 4. The quantitative estimate of drug-likeness (QED) is 0.0209. The van der Waals surface area contributed by atoms with Crippen molar-refractivity contribution >= 4 is 65.3 Å². The first-order valence-corrected chi connectivity index (χ1v) is 64.9. The fourth-order valence-electron chi connectivity index (χ4n) is 17.3. The van der Waals surface area contributed by atoms with Crippen LogP contribution in [-0.4, -0.2) is 234 Å². The van der Waals surface area contributed by atoms with Crippen LogP contribution in [0.15, 0.2) is 121 Å². The van der Waals surface area contributed by atoms with Gasteiger partial charge in [0.2, 0.25) is 11.8 Å². The van der Waals surface area contributed by atoms with Crippen molar-refractivity contribution in [3.63, 3.8) is 0 Å². The van der Waals surface area contributed by atoms with Crippen LogP contribution in [0.5, 0.6) is 0 Å². The molecule has 6 saturated carbocycles. The zero-order chi connectivity index (χ0) is 98.0. The van der Waals surface area contributed by atoms with Crippen LogP contribution < -0.4 is 5.32 Å². The molecule has 2 amide bonds. The predicted octanol–water partition coefficient (Wildman–Crippen LogP) is 20.3. The molecule has 5 saturated heterocycles. The first-order valence-electron chi connectivity index (χ1n) is 50.4. The fraction of sp³-hybridized carbons (Fsp3) is 0.736. The Balaban J connectivity index is 0.000000180. The second-order valence-electron chi connectivity index (χ2n) is 48.2.